The highest BCUT2D eigenvalue weighted by molar-refractivity contribution is 6.08. The van der Waals surface area contributed by atoms with Gasteiger partial charge in [-0.15, -0.1) is 0 Å². The molecule has 1 aliphatic rings. The molecule has 2 aromatic rings. The maximum Gasteiger partial charge on any atom is 0.251 e. The Balaban J connectivity index is 2.16. The number of carbonyl (C=O) groups excluding carboxylic acids is 1. The van der Waals surface area contributed by atoms with Crippen molar-refractivity contribution < 1.29 is 24.9 Å². The Morgan fingerprint density at radius 1 is 1.36 bits per heavy atom. The largest absolute Gasteiger partial charge is 0.394 e. The minimum absolute atomic E-state index is 0.0595. The number of primary amides is 1. The van der Waals surface area contributed by atoms with Gasteiger partial charge in [-0.1, -0.05) is 0 Å². The van der Waals surface area contributed by atoms with Crippen LogP contribution in [0.25, 0.3) is 11.0 Å². The maximum absolute atomic E-state index is 11.6. The second-order valence-corrected chi connectivity index (χ2v) is 5.00. The van der Waals surface area contributed by atoms with Gasteiger partial charge in [-0.3, -0.25) is 4.79 Å². The monoisotopic (exact) mass is 309 g/mol. The zero-order chi connectivity index (χ0) is 16.0. The van der Waals surface area contributed by atoms with Crippen molar-refractivity contribution in [1.82, 2.24) is 14.5 Å². The second-order valence-electron chi connectivity index (χ2n) is 5.00. The molecule has 0 radical (unpaired) electrons. The van der Waals surface area contributed by atoms with Crippen LogP contribution in [0.15, 0.2) is 12.5 Å². The van der Waals surface area contributed by atoms with Gasteiger partial charge in [0.25, 0.3) is 5.91 Å². The lowest BCUT2D eigenvalue weighted by molar-refractivity contribution is -0.0508. The Morgan fingerprint density at radius 2 is 2.09 bits per heavy atom. The maximum atomic E-state index is 11.6. The first-order valence-electron chi connectivity index (χ1n) is 6.49. The van der Waals surface area contributed by atoms with Crippen LogP contribution in [0.3, 0.4) is 0 Å². The fraction of sp³-hybridized carbons (Fsp3) is 0.417. The van der Waals surface area contributed by atoms with Crippen LogP contribution >= 0.6 is 0 Å². The van der Waals surface area contributed by atoms with Crippen LogP contribution in [-0.2, 0) is 4.74 Å². The van der Waals surface area contributed by atoms with Crippen LogP contribution in [0.1, 0.15) is 16.6 Å². The van der Waals surface area contributed by atoms with E-state index in [2.05, 4.69) is 9.97 Å². The van der Waals surface area contributed by atoms with Crippen molar-refractivity contribution >= 4 is 22.8 Å². The number of anilines is 1. The van der Waals surface area contributed by atoms with Crippen LogP contribution in [0.4, 0.5) is 5.82 Å². The van der Waals surface area contributed by atoms with Gasteiger partial charge in [-0.2, -0.15) is 0 Å². The summed E-state index contributed by atoms with van der Waals surface area (Å²) in [5.74, 6) is -0.679. The molecule has 1 aliphatic heterocycles. The van der Waals surface area contributed by atoms with Gasteiger partial charge in [0.2, 0.25) is 0 Å². The van der Waals surface area contributed by atoms with Crippen LogP contribution < -0.4 is 11.5 Å². The molecule has 3 rings (SSSR count). The van der Waals surface area contributed by atoms with Gasteiger partial charge in [0.15, 0.2) is 6.23 Å². The number of ether oxygens (including phenoxy) is 1. The zero-order valence-electron chi connectivity index (χ0n) is 11.3. The summed E-state index contributed by atoms with van der Waals surface area (Å²) in [4.78, 5) is 19.4. The molecule has 118 valence electrons. The van der Waals surface area contributed by atoms with E-state index < -0.39 is 37.1 Å². The number of nitrogens with two attached hydrogens (primary N) is 2. The average Bonchev–Trinajstić information content (AvgIpc) is 3.00. The van der Waals surface area contributed by atoms with Gasteiger partial charge < -0.3 is 36.1 Å². The lowest BCUT2D eigenvalue weighted by Gasteiger charge is -2.17. The molecule has 1 unspecified atom stereocenters. The van der Waals surface area contributed by atoms with Gasteiger partial charge in [0, 0.05) is 6.20 Å². The molecule has 0 bridgehead atoms. The normalized spacial score (nSPS) is 28.3. The third-order valence-corrected chi connectivity index (χ3v) is 3.70. The molecular weight excluding hydrogens is 294 g/mol. The van der Waals surface area contributed by atoms with E-state index in [1.165, 1.54) is 17.1 Å². The van der Waals surface area contributed by atoms with Crippen LogP contribution in [0.2, 0.25) is 0 Å². The van der Waals surface area contributed by atoms with Gasteiger partial charge in [-0.25, -0.2) is 9.97 Å². The second kappa shape index (κ2) is 5.18. The molecule has 1 saturated heterocycles. The molecule has 3 heterocycles. The molecule has 2 aromatic heterocycles. The number of aliphatic hydroxyl groups excluding tert-OH is 3. The molecule has 10 heteroatoms. The zero-order valence-corrected chi connectivity index (χ0v) is 11.3. The summed E-state index contributed by atoms with van der Waals surface area (Å²) in [7, 11) is 0. The average molecular weight is 309 g/mol. The van der Waals surface area contributed by atoms with Crippen LogP contribution in [-0.4, -0.2) is 60.7 Å². The van der Waals surface area contributed by atoms with Gasteiger partial charge in [0.05, 0.1) is 17.6 Å². The smallest absolute Gasteiger partial charge is 0.251 e. The molecular formula is C12H15N5O5. The molecule has 1 fully saturated rings. The first-order chi connectivity index (χ1) is 10.5. The Kier molecular flexibility index (Phi) is 3.45. The quantitative estimate of drug-likeness (QED) is 0.422. The number of hydrogen-bond donors (Lipinski definition) is 5. The highest BCUT2D eigenvalue weighted by Gasteiger charge is 2.44. The lowest BCUT2D eigenvalue weighted by Crippen LogP contribution is -2.33. The number of fused-ring (bicyclic) bond motifs is 1. The van der Waals surface area contributed by atoms with Crippen LogP contribution in [0, 0.1) is 0 Å². The highest BCUT2D eigenvalue weighted by Crippen LogP contribution is 2.34. The first-order valence-corrected chi connectivity index (χ1v) is 6.49. The van der Waals surface area contributed by atoms with E-state index in [0.29, 0.717) is 0 Å². The van der Waals surface area contributed by atoms with Crippen molar-refractivity contribution in [3.63, 3.8) is 0 Å². The first kappa shape index (κ1) is 14.7. The molecule has 22 heavy (non-hydrogen) atoms. The number of hydrogen-bond acceptors (Lipinski definition) is 8. The topological polar surface area (TPSA) is 170 Å². The van der Waals surface area contributed by atoms with E-state index in [0.717, 1.165) is 0 Å². The number of nitrogen functional groups attached to an aromatic ring is 1. The number of carbonyl (C=O) groups is 1. The molecule has 7 N–H and O–H groups in total. The summed E-state index contributed by atoms with van der Waals surface area (Å²) in [5, 5.41) is 29.3. The molecule has 0 aromatic carbocycles. The summed E-state index contributed by atoms with van der Waals surface area (Å²) in [6.45, 7) is -0.465. The fourth-order valence-corrected chi connectivity index (χ4v) is 2.60. The fourth-order valence-electron chi connectivity index (χ4n) is 2.60. The van der Waals surface area contributed by atoms with Crippen molar-refractivity contribution in [3.8, 4) is 0 Å². The summed E-state index contributed by atoms with van der Waals surface area (Å²) < 4.78 is 6.77. The van der Waals surface area contributed by atoms with E-state index in [9.17, 15) is 15.0 Å². The van der Waals surface area contributed by atoms with E-state index in [1.54, 1.807) is 0 Å². The predicted octanol–water partition coefficient (Wildman–Crippen LogP) is -2.28. The van der Waals surface area contributed by atoms with Gasteiger partial charge in [0.1, 0.15) is 36.1 Å². The van der Waals surface area contributed by atoms with Crippen LogP contribution in [0.5, 0.6) is 0 Å². The van der Waals surface area contributed by atoms with Crippen molar-refractivity contribution in [2.45, 2.75) is 24.5 Å². The molecule has 10 nitrogen and oxygen atoms in total. The Morgan fingerprint density at radius 3 is 2.68 bits per heavy atom. The van der Waals surface area contributed by atoms with Crippen molar-refractivity contribution in [1.29, 1.82) is 0 Å². The number of rotatable bonds is 3. The van der Waals surface area contributed by atoms with Gasteiger partial charge >= 0.3 is 0 Å². The van der Waals surface area contributed by atoms with E-state index >= 15 is 0 Å². The lowest BCUT2D eigenvalue weighted by atomic mass is 10.1. The molecule has 0 saturated carbocycles. The number of nitrogens with zero attached hydrogens (tertiary/aromatic N) is 3. The highest BCUT2D eigenvalue weighted by atomic mass is 16.6. The van der Waals surface area contributed by atoms with Crippen molar-refractivity contribution in [2.75, 3.05) is 12.3 Å². The summed E-state index contributed by atoms with van der Waals surface area (Å²) in [6, 6.07) is 0. The van der Waals surface area contributed by atoms with E-state index in [1.807, 2.05) is 0 Å². The van der Waals surface area contributed by atoms with Crippen molar-refractivity contribution in [3.05, 3.63) is 18.1 Å². The third kappa shape index (κ3) is 2.01. The standard InChI is InChI=1S/C12H15N5O5/c13-9-6-4(10(14)21)1-17(11(6)16-3-15-9)12-8(20)7(19)5(2-18)22-12/h1,3,5,7-8,12,18-20H,2H2,(H2,14,21)(H2,13,15,16)/t5-,7+,8?,12-/m1/s1. The summed E-state index contributed by atoms with van der Waals surface area (Å²) in [5.41, 5.74) is 11.4. The Labute approximate surface area is 123 Å². The minimum Gasteiger partial charge on any atom is -0.394 e. The third-order valence-electron chi connectivity index (χ3n) is 3.70. The van der Waals surface area contributed by atoms with Gasteiger partial charge in [-0.05, 0) is 0 Å². The minimum atomic E-state index is -1.32. The Bertz CT molecular complexity index is 732. The molecule has 0 aliphatic carbocycles. The molecule has 4 atom stereocenters. The number of aromatic nitrogens is 3. The predicted molar refractivity (Wildman–Crippen MR) is 73.5 cm³/mol. The molecule has 1 amide bonds. The summed E-state index contributed by atoms with van der Waals surface area (Å²) >= 11 is 0. The SMILES string of the molecule is NC(=O)c1cn([C@@H]2O[C@H](CO)[C@H](O)C2O)c2ncnc(N)c12. The Hall–Kier alpha value is -2.27. The van der Waals surface area contributed by atoms with Crippen molar-refractivity contribution in [2.24, 2.45) is 5.73 Å². The molecule has 0 spiro atoms. The number of amides is 1. The summed E-state index contributed by atoms with van der Waals surface area (Å²) in [6.07, 6.45) is -2.06. The number of aliphatic hydroxyl groups is 3. The van der Waals surface area contributed by atoms with E-state index in [-0.39, 0.29) is 22.4 Å². The van der Waals surface area contributed by atoms with E-state index in [4.69, 9.17) is 21.3 Å².